The van der Waals surface area contributed by atoms with E-state index in [4.69, 9.17) is 16.3 Å². The number of ether oxygens (including phenoxy) is 1. The molecule has 2 aromatic carbocycles. The fourth-order valence-corrected chi connectivity index (χ4v) is 4.81. The summed E-state index contributed by atoms with van der Waals surface area (Å²) in [5.74, 6) is -0.234. The van der Waals surface area contributed by atoms with Gasteiger partial charge < -0.3 is 14.9 Å². The number of carbonyl (C=O) groups excluding carboxylic acids is 1. The topological polar surface area (TPSA) is 95.8 Å². The van der Waals surface area contributed by atoms with Crippen LogP contribution in [0.5, 0.6) is 0 Å². The molecule has 5 rings (SSSR count). The lowest BCUT2D eigenvalue weighted by atomic mass is 9.89. The van der Waals surface area contributed by atoms with E-state index in [-0.39, 0.29) is 31.1 Å². The molecule has 1 aliphatic heterocycles. The van der Waals surface area contributed by atoms with Crippen molar-refractivity contribution in [1.82, 2.24) is 14.9 Å². The fourth-order valence-electron chi connectivity index (χ4n) is 4.69. The smallest absolute Gasteiger partial charge is 0.257 e. The highest BCUT2D eigenvalue weighted by atomic mass is 35.5. The van der Waals surface area contributed by atoms with Gasteiger partial charge in [0.25, 0.3) is 5.91 Å². The maximum Gasteiger partial charge on any atom is 0.257 e. The Morgan fingerprint density at radius 3 is 2.42 bits per heavy atom. The van der Waals surface area contributed by atoms with Crippen molar-refractivity contribution in [3.8, 4) is 0 Å². The maximum atomic E-state index is 14.1. The lowest BCUT2D eigenvalue weighted by Gasteiger charge is -2.40. The van der Waals surface area contributed by atoms with Gasteiger partial charge in [0.1, 0.15) is 0 Å². The minimum Gasteiger partial charge on any atom is -0.396 e. The third-order valence-electron chi connectivity index (χ3n) is 7.22. The standard InChI is InChI=1S/C28H30ClN3O4/c1-18-13-31-22(14-30-18)15-32-25(34)23-12-20(26(2,3)35)6-9-24(23)28(32,19-4-7-21(29)8-5-19)36-17-27(16-33)10-11-27/h4-9,12-14,33,35H,10-11,15-17H2,1-3H3/t28-/m1/s1. The van der Waals surface area contributed by atoms with Crippen molar-refractivity contribution in [2.45, 2.75) is 51.5 Å². The summed E-state index contributed by atoms with van der Waals surface area (Å²) in [7, 11) is 0. The van der Waals surface area contributed by atoms with Crippen LogP contribution in [-0.4, -0.2) is 44.2 Å². The Kier molecular flexibility index (Phi) is 6.16. The van der Waals surface area contributed by atoms with Crippen LogP contribution in [0.2, 0.25) is 5.02 Å². The Hall–Kier alpha value is -2.84. The van der Waals surface area contributed by atoms with E-state index in [2.05, 4.69) is 9.97 Å². The summed E-state index contributed by atoms with van der Waals surface area (Å²) >= 11 is 6.23. The number of aryl methyl sites for hydroxylation is 1. The van der Waals surface area contributed by atoms with Gasteiger partial charge in [0.05, 0.1) is 42.9 Å². The number of hydrogen-bond donors (Lipinski definition) is 2. The van der Waals surface area contributed by atoms with Crippen LogP contribution in [0.1, 0.15) is 65.1 Å². The third-order valence-corrected chi connectivity index (χ3v) is 7.47. The number of rotatable bonds is 8. The maximum absolute atomic E-state index is 14.1. The second kappa shape index (κ2) is 8.92. The molecule has 0 spiro atoms. The number of fused-ring (bicyclic) bond motifs is 1. The molecule has 1 aliphatic carbocycles. The zero-order valence-corrected chi connectivity index (χ0v) is 21.4. The predicted octanol–water partition coefficient (Wildman–Crippen LogP) is 4.31. The quantitative estimate of drug-likeness (QED) is 0.471. The van der Waals surface area contributed by atoms with Crippen LogP contribution in [0.15, 0.2) is 54.9 Å². The molecule has 0 radical (unpaired) electrons. The van der Waals surface area contributed by atoms with Gasteiger partial charge >= 0.3 is 0 Å². The normalized spacial score (nSPS) is 20.5. The van der Waals surface area contributed by atoms with Crippen molar-refractivity contribution in [2.24, 2.45) is 5.41 Å². The summed E-state index contributed by atoms with van der Waals surface area (Å²) in [5.41, 5.74) is 1.20. The number of benzene rings is 2. The van der Waals surface area contributed by atoms with E-state index in [9.17, 15) is 15.0 Å². The highest BCUT2D eigenvalue weighted by molar-refractivity contribution is 6.30. The van der Waals surface area contributed by atoms with Gasteiger partial charge in [-0.25, -0.2) is 0 Å². The van der Waals surface area contributed by atoms with Gasteiger partial charge in [0, 0.05) is 33.3 Å². The molecule has 2 N–H and O–H groups in total. The van der Waals surface area contributed by atoms with Crippen molar-refractivity contribution < 1.29 is 19.7 Å². The van der Waals surface area contributed by atoms with E-state index < -0.39 is 11.3 Å². The van der Waals surface area contributed by atoms with Gasteiger partial charge in [-0.2, -0.15) is 0 Å². The molecular weight excluding hydrogens is 478 g/mol. The van der Waals surface area contributed by atoms with E-state index in [0.717, 1.165) is 24.1 Å². The molecule has 7 nitrogen and oxygen atoms in total. The first-order valence-corrected chi connectivity index (χ1v) is 12.4. The highest BCUT2D eigenvalue weighted by Crippen LogP contribution is 2.51. The second-order valence-electron chi connectivity index (χ2n) is 10.5. The average molecular weight is 508 g/mol. The van der Waals surface area contributed by atoms with Gasteiger partial charge in [-0.05, 0) is 57.4 Å². The van der Waals surface area contributed by atoms with Crippen molar-refractivity contribution >= 4 is 17.5 Å². The first kappa shape index (κ1) is 24.8. The highest BCUT2D eigenvalue weighted by Gasteiger charge is 2.55. The van der Waals surface area contributed by atoms with Crippen LogP contribution in [0.3, 0.4) is 0 Å². The summed E-state index contributed by atoms with van der Waals surface area (Å²) in [6.07, 6.45) is 5.06. The Labute approximate surface area is 215 Å². The predicted molar refractivity (Wildman–Crippen MR) is 135 cm³/mol. The lowest BCUT2D eigenvalue weighted by Crippen LogP contribution is -2.47. The van der Waals surface area contributed by atoms with Crippen molar-refractivity contribution in [3.05, 3.63) is 93.5 Å². The molecule has 1 fully saturated rings. The number of halogens is 1. The number of hydrogen-bond acceptors (Lipinski definition) is 6. The summed E-state index contributed by atoms with van der Waals surface area (Å²) in [4.78, 5) is 24.6. The lowest BCUT2D eigenvalue weighted by molar-refractivity contribution is -0.129. The first-order chi connectivity index (χ1) is 17.1. The monoisotopic (exact) mass is 507 g/mol. The van der Waals surface area contributed by atoms with Crippen LogP contribution in [-0.2, 0) is 22.6 Å². The molecule has 0 saturated heterocycles. The van der Waals surface area contributed by atoms with Gasteiger partial charge in [-0.3, -0.25) is 19.7 Å². The first-order valence-electron chi connectivity index (χ1n) is 12.1. The molecule has 1 amide bonds. The number of aliphatic hydroxyl groups is 2. The summed E-state index contributed by atoms with van der Waals surface area (Å²) in [6.45, 7) is 5.70. The van der Waals surface area contributed by atoms with Gasteiger partial charge in [0.15, 0.2) is 5.72 Å². The molecule has 0 bridgehead atoms. The Bertz CT molecular complexity index is 1280. The summed E-state index contributed by atoms with van der Waals surface area (Å²) < 4.78 is 6.76. The molecule has 1 aromatic heterocycles. The molecular formula is C28H30ClN3O4. The number of amides is 1. The van der Waals surface area contributed by atoms with E-state index in [1.807, 2.05) is 31.2 Å². The second-order valence-corrected chi connectivity index (χ2v) is 10.9. The Morgan fingerprint density at radius 1 is 1.11 bits per heavy atom. The zero-order valence-electron chi connectivity index (χ0n) is 20.7. The minimum absolute atomic E-state index is 0.0194. The molecule has 1 atom stereocenters. The van der Waals surface area contributed by atoms with Crippen molar-refractivity contribution in [3.63, 3.8) is 0 Å². The molecule has 8 heteroatoms. The van der Waals surface area contributed by atoms with E-state index in [1.54, 1.807) is 49.3 Å². The summed E-state index contributed by atoms with van der Waals surface area (Å²) in [5, 5.41) is 21.2. The zero-order chi connectivity index (χ0) is 25.7. The van der Waals surface area contributed by atoms with Crippen molar-refractivity contribution in [1.29, 1.82) is 0 Å². The Balaban J connectivity index is 1.70. The van der Waals surface area contributed by atoms with Crippen LogP contribution >= 0.6 is 11.6 Å². The summed E-state index contributed by atoms with van der Waals surface area (Å²) in [6, 6.07) is 12.7. The van der Waals surface area contributed by atoms with E-state index in [0.29, 0.717) is 27.4 Å². The Morgan fingerprint density at radius 2 is 1.83 bits per heavy atom. The third kappa shape index (κ3) is 4.30. The molecule has 188 valence electrons. The molecule has 1 saturated carbocycles. The number of nitrogens with zero attached hydrogens (tertiary/aromatic N) is 3. The minimum atomic E-state index is -1.27. The van der Waals surface area contributed by atoms with Crippen LogP contribution in [0, 0.1) is 12.3 Å². The largest absolute Gasteiger partial charge is 0.396 e. The number of aliphatic hydroxyl groups excluding tert-OH is 1. The van der Waals surface area contributed by atoms with Gasteiger partial charge in [0.2, 0.25) is 0 Å². The van der Waals surface area contributed by atoms with Gasteiger partial charge in [-0.1, -0.05) is 35.9 Å². The van der Waals surface area contributed by atoms with E-state index in [1.165, 1.54) is 0 Å². The van der Waals surface area contributed by atoms with Crippen molar-refractivity contribution in [2.75, 3.05) is 13.2 Å². The average Bonchev–Trinajstić information content (AvgIpc) is 3.60. The molecule has 3 aromatic rings. The van der Waals surface area contributed by atoms with Crippen LogP contribution < -0.4 is 0 Å². The van der Waals surface area contributed by atoms with Crippen LogP contribution in [0.4, 0.5) is 0 Å². The number of carbonyl (C=O) groups is 1. The van der Waals surface area contributed by atoms with E-state index >= 15 is 0 Å². The molecule has 2 aliphatic rings. The van der Waals surface area contributed by atoms with Crippen LogP contribution in [0.25, 0.3) is 0 Å². The molecule has 0 unspecified atom stereocenters. The molecule has 2 heterocycles. The molecule has 36 heavy (non-hydrogen) atoms. The number of aromatic nitrogens is 2. The fraction of sp³-hybridized carbons (Fsp3) is 0.393. The SMILES string of the molecule is Cc1cnc(CN2C(=O)c3cc(C(C)(C)O)ccc3[C@]2(OCC2(CO)CC2)c2ccc(Cl)cc2)cn1. The van der Waals surface area contributed by atoms with Gasteiger partial charge in [-0.15, -0.1) is 0 Å².